The summed E-state index contributed by atoms with van der Waals surface area (Å²) in [5.41, 5.74) is 9.51. The highest BCUT2D eigenvalue weighted by atomic mass is 35.5. The molecule has 0 bridgehead atoms. The minimum Gasteiger partial charge on any atom is -0.495 e. The molecule has 2 aliphatic rings. The number of carbonyl (C=O) groups excluding carboxylic acids is 2. The number of para-hydroxylation sites is 2. The van der Waals surface area contributed by atoms with E-state index in [0.717, 1.165) is 22.3 Å². The highest BCUT2D eigenvalue weighted by molar-refractivity contribution is 7.92. The van der Waals surface area contributed by atoms with Gasteiger partial charge in [-0.25, -0.2) is 26.8 Å². The van der Waals surface area contributed by atoms with Crippen molar-refractivity contribution in [3.63, 3.8) is 0 Å². The zero-order chi connectivity index (χ0) is 63.4. The summed E-state index contributed by atoms with van der Waals surface area (Å²) in [7, 11) is -4.10. The Morgan fingerprint density at radius 2 is 1.02 bits per heavy atom. The average molecular weight is 1290 g/mol. The lowest BCUT2D eigenvalue weighted by molar-refractivity contribution is -0.175. The number of nitrogen functional groups attached to an aromatic ring is 1. The number of carbonyl (C=O) groups is 2. The third-order valence-electron chi connectivity index (χ3n) is 14.4. The van der Waals surface area contributed by atoms with Gasteiger partial charge in [0.05, 0.1) is 69.7 Å². The molecule has 2 heterocycles. The number of nitrogens with one attached hydrogen (secondary N) is 5. The van der Waals surface area contributed by atoms with Crippen LogP contribution in [0.4, 0.5) is 66.7 Å². The fourth-order valence-corrected chi connectivity index (χ4v) is 12.3. The van der Waals surface area contributed by atoms with Crippen molar-refractivity contribution in [3.05, 3.63) is 123 Å². The first kappa shape index (κ1) is 67.3. The molecule has 0 spiro atoms. The van der Waals surface area contributed by atoms with Crippen molar-refractivity contribution in [2.24, 2.45) is 0 Å². The molecule has 18 nitrogen and oxygen atoms in total. The highest BCUT2D eigenvalue weighted by Crippen LogP contribution is 2.44. The summed E-state index contributed by atoms with van der Waals surface area (Å²) in [6.45, 7) is 13.6. The SMILES string of the molecule is CC(C)S(=O)(=O)c1ccccc1Nc1nc(Cl)ncc1Cl.COc1cc2c(cc1N)CCC(NC(=O)C(F)(F)F)C2(C)C.COc1cc2c(cc1Nc1ncc(Cl)c(Nc3ccccc3S(=O)(=O)C(C)C)n1)CCC(NC(=O)C(F)(F)F)C2(C)C. The number of sulfone groups is 2. The van der Waals surface area contributed by atoms with Gasteiger partial charge in [0, 0.05) is 22.9 Å². The Morgan fingerprint density at radius 1 is 0.612 bits per heavy atom. The van der Waals surface area contributed by atoms with Crippen LogP contribution < -0.4 is 41.8 Å². The number of amides is 2. The van der Waals surface area contributed by atoms with E-state index in [4.69, 9.17) is 50.0 Å². The van der Waals surface area contributed by atoms with Gasteiger partial charge in [0.15, 0.2) is 31.3 Å². The number of benzene rings is 4. The lowest BCUT2D eigenvalue weighted by atomic mass is 9.69. The molecule has 2 atom stereocenters. The van der Waals surface area contributed by atoms with E-state index >= 15 is 0 Å². The number of anilines is 7. The zero-order valence-corrected chi connectivity index (χ0v) is 51.5. The van der Waals surface area contributed by atoms with Crippen molar-refractivity contribution >= 4 is 107 Å². The molecule has 7 N–H and O–H groups in total. The Kier molecular flexibility index (Phi) is 20.9. The Morgan fingerprint density at radius 3 is 1.46 bits per heavy atom. The second kappa shape index (κ2) is 26.4. The standard InChI is InChI=1S/C28H31ClF3N5O4S.C15H19F3N2O2.C13H13Cl2N3O2S/c1-15(2)42(39,40)22-9-7-6-8-19(22)34-24-18(29)14-33-26(37-24)35-20-12-16-10-11-23(36-25(38)28(30,31)32)27(3,4)17(16)13-21(20)41-5;1-14(2)9-7-11(22-3)10(19)6-8(9)4-5-12(14)20-13(21)15(16,17)18;1-8(2)21(19,20)11-6-4-3-5-10(11)17-12-9(14)7-16-13(15)18-12/h6-9,12-15,23H,10-11H2,1-5H3,(H,36,38)(H2,33,34,35,37);6-7,12H,4-5,19H2,1-3H3,(H,20,21);3-8H,1-2H3,(H,16,17,18). The van der Waals surface area contributed by atoms with E-state index in [9.17, 15) is 52.8 Å². The van der Waals surface area contributed by atoms with E-state index in [0.29, 0.717) is 59.9 Å². The van der Waals surface area contributed by atoms with Crippen LogP contribution in [0.5, 0.6) is 11.5 Å². The third kappa shape index (κ3) is 15.6. The summed E-state index contributed by atoms with van der Waals surface area (Å²) in [6.07, 6.45) is -5.45. The van der Waals surface area contributed by atoms with E-state index in [1.165, 1.54) is 38.7 Å². The number of halogens is 9. The number of methoxy groups -OCH3 is 2. The lowest BCUT2D eigenvalue weighted by Gasteiger charge is -2.41. The number of aromatic nitrogens is 4. The largest absolute Gasteiger partial charge is 0.495 e. The predicted molar refractivity (Wildman–Crippen MR) is 316 cm³/mol. The Balaban J connectivity index is 0.000000226. The fourth-order valence-electron chi connectivity index (χ4n) is 9.47. The van der Waals surface area contributed by atoms with Gasteiger partial charge >= 0.3 is 24.2 Å². The first-order valence-electron chi connectivity index (χ1n) is 26.1. The molecule has 0 fully saturated rings. The average Bonchev–Trinajstić information content (AvgIpc) is 2.08. The molecule has 8 rings (SSSR count). The van der Waals surface area contributed by atoms with Crippen molar-refractivity contribution in [2.75, 3.05) is 35.9 Å². The monoisotopic (exact) mass is 1290 g/mol. The number of hydrogen-bond donors (Lipinski definition) is 6. The molecule has 85 heavy (non-hydrogen) atoms. The quantitative estimate of drug-likeness (QED) is 0.0337. The van der Waals surface area contributed by atoms with Gasteiger partial charge in [-0.3, -0.25) is 9.59 Å². The van der Waals surface area contributed by atoms with Gasteiger partial charge in [-0.05, 0) is 136 Å². The van der Waals surface area contributed by atoms with E-state index in [1.54, 1.807) is 96.1 Å². The van der Waals surface area contributed by atoms with Gasteiger partial charge in [0.2, 0.25) is 11.2 Å². The van der Waals surface area contributed by atoms with Crippen LogP contribution in [-0.4, -0.2) is 97.7 Å². The normalized spacial score (nSPS) is 16.2. The number of hydrogen-bond acceptors (Lipinski definition) is 16. The number of nitrogens with two attached hydrogens (primary N) is 1. The first-order valence-corrected chi connectivity index (χ1v) is 30.3. The minimum absolute atomic E-state index is 0.0195. The fraction of sp³-hybridized carbons (Fsp3) is 0.393. The van der Waals surface area contributed by atoms with E-state index in [1.807, 2.05) is 19.9 Å². The lowest BCUT2D eigenvalue weighted by Crippen LogP contribution is -2.53. The molecule has 0 radical (unpaired) electrons. The van der Waals surface area contributed by atoms with E-state index in [2.05, 4.69) is 46.5 Å². The first-order chi connectivity index (χ1) is 39.4. The van der Waals surface area contributed by atoms with Crippen LogP contribution in [0, 0.1) is 0 Å². The second-order valence-corrected chi connectivity index (χ2v) is 27.4. The molecular weight excluding hydrogens is 1230 g/mol. The van der Waals surface area contributed by atoms with Gasteiger partial charge in [-0.2, -0.15) is 36.3 Å². The van der Waals surface area contributed by atoms with Crippen molar-refractivity contribution in [1.29, 1.82) is 0 Å². The molecule has 2 unspecified atom stereocenters. The molecule has 2 aromatic heterocycles. The number of aryl methyl sites for hydroxylation is 2. The predicted octanol–water partition coefficient (Wildman–Crippen LogP) is 12.3. The molecule has 0 aliphatic heterocycles. The van der Waals surface area contributed by atoms with Crippen LogP contribution in [0.3, 0.4) is 0 Å². The smallest absolute Gasteiger partial charge is 0.471 e. The van der Waals surface area contributed by atoms with Crippen LogP contribution >= 0.6 is 34.8 Å². The zero-order valence-electron chi connectivity index (χ0n) is 47.6. The summed E-state index contributed by atoms with van der Waals surface area (Å²) in [4.78, 5) is 39.5. The molecule has 0 saturated heterocycles. The Labute approximate surface area is 503 Å². The minimum atomic E-state index is -4.97. The van der Waals surface area contributed by atoms with Gasteiger partial charge in [0.25, 0.3) is 0 Å². The second-order valence-electron chi connectivity index (χ2n) is 21.3. The summed E-state index contributed by atoms with van der Waals surface area (Å²) in [6, 6.07) is 18.7. The Hall–Kier alpha value is -6.87. The number of fused-ring (bicyclic) bond motifs is 2. The summed E-state index contributed by atoms with van der Waals surface area (Å²) < 4.78 is 137. The number of ether oxygens (including phenoxy) is 2. The molecule has 2 amide bonds. The molecule has 2 aliphatic carbocycles. The molecule has 460 valence electrons. The van der Waals surface area contributed by atoms with Crippen molar-refractivity contribution in [3.8, 4) is 11.5 Å². The van der Waals surface area contributed by atoms with Gasteiger partial charge < -0.3 is 41.8 Å². The third-order valence-corrected chi connectivity index (χ3v) is 19.5. The summed E-state index contributed by atoms with van der Waals surface area (Å²) in [5.74, 6) is -2.46. The topological polar surface area (TPSA) is 259 Å². The van der Waals surface area contributed by atoms with Crippen LogP contribution in [0.2, 0.25) is 15.3 Å². The van der Waals surface area contributed by atoms with Crippen LogP contribution in [-0.2, 0) is 52.9 Å². The molecule has 29 heteroatoms. The number of alkyl halides is 6. The van der Waals surface area contributed by atoms with Crippen molar-refractivity contribution in [1.82, 2.24) is 30.6 Å². The van der Waals surface area contributed by atoms with E-state index in [-0.39, 0.29) is 42.7 Å². The molecule has 0 saturated carbocycles. The summed E-state index contributed by atoms with van der Waals surface area (Å²) >= 11 is 18.1. The van der Waals surface area contributed by atoms with Crippen molar-refractivity contribution in [2.45, 2.75) is 137 Å². The van der Waals surface area contributed by atoms with Crippen LogP contribution in [0.15, 0.2) is 95.0 Å². The highest BCUT2D eigenvalue weighted by Gasteiger charge is 2.46. The molecular formula is C56H63Cl3F6N10O8S2. The summed E-state index contributed by atoms with van der Waals surface area (Å²) in [5, 5.41) is 12.5. The van der Waals surface area contributed by atoms with Gasteiger partial charge in [-0.15, -0.1) is 0 Å². The van der Waals surface area contributed by atoms with Crippen LogP contribution in [0.1, 0.15) is 90.5 Å². The maximum absolute atomic E-state index is 12.9. The van der Waals surface area contributed by atoms with Crippen molar-refractivity contribution < 1.29 is 62.2 Å². The maximum atomic E-state index is 12.9. The molecule has 4 aromatic carbocycles. The van der Waals surface area contributed by atoms with Gasteiger partial charge in [0.1, 0.15) is 21.5 Å². The van der Waals surface area contributed by atoms with E-state index < -0.39 is 77.3 Å². The maximum Gasteiger partial charge on any atom is 0.471 e. The number of rotatable bonds is 14. The molecule has 6 aromatic rings. The Bertz CT molecular complexity index is 3690. The van der Waals surface area contributed by atoms with Crippen LogP contribution in [0.25, 0.3) is 0 Å². The number of nitrogens with zero attached hydrogens (tertiary/aromatic N) is 4. The van der Waals surface area contributed by atoms with Gasteiger partial charge in [-0.1, -0.05) is 75.2 Å².